The Morgan fingerprint density at radius 2 is 1.44 bits per heavy atom. The van der Waals surface area contributed by atoms with Crippen LogP contribution >= 0.6 is 0 Å². The van der Waals surface area contributed by atoms with Gasteiger partial charge in [0.25, 0.3) is 0 Å². The Bertz CT molecular complexity index is 512. The fraction of sp³-hybridized carbons (Fsp3) is 0.294. The van der Waals surface area contributed by atoms with Crippen LogP contribution in [0.3, 0.4) is 0 Å². The lowest BCUT2D eigenvalue weighted by molar-refractivity contribution is 0.591. The molecule has 0 radical (unpaired) electrons. The van der Waals surface area contributed by atoms with Gasteiger partial charge >= 0.3 is 0 Å². The van der Waals surface area contributed by atoms with Gasteiger partial charge in [0, 0.05) is 12.0 Å². The number of hydrogen-bond donors (Lipinski definition) is 1. The number of rotatable bonds is 3. The van der Waals surface area contributed by atoms with Gasteiger partial charge in [0.2, 0.25) is 0 Å². The van der Waals surface area contributed by atoms with Crippen molar-refractivity contribution in [2.75, 3.05) is 0 Å². The summed E-state index contributed by atoms with van der Waals surface area (Å²) in [5.41, 5.74) is 11.7. The summed E-state index contributed by atoms with van der Waals surface area (Å²) in [7, 11) is 0. The van der Waals surface area contributed by atoms with E-state index in [0.29, 0.717) is 5.92 Å². The van der Waals surface area contributed by atoms with E-state index < -0.39 is 0 Å². The number of nitrogens with two attached hydrogens (primary N) is 1. The summed E-state index contributed by atoms with van der Waals surface area (Å²) in [6.07, 6.45) is 2.22. The average Bonchev–Trinajstić information content (AvgIpc) is 2.71. The van der Waals surface area contributed by atoms with Gasteiger partial charge in [-0.15, -0.1) is 0 Å². The van der Waals surface area contributed by atoms with Crippen molar-refractivity contribution in [1.29, 1.82) is 0 Å². The van der Waals surface area contributed by atoms with Crippen LogP contribution in [0.2, 0.25) is 0 Å². The molecule has 2 aromatic carbocycles. The average molecular weight is 237 g/mol. The largest absolute Gasteiger partial charge is 0.328 e. The molecule has 0 aromatic heterocycles. The highest BCUT2D eigenvalue weighted by atomic mass is 14.6. The van der Waals surface area contributed by atoms with Gasteiger partial charge in [0.1, 0.15) is 0 Å². The van der Waals surface area contributed by atoms with Crippen LogP contribution in [0.15, 0.2) is 48.5 Å². The summed E-state index contributed by atoms with van der Waals surface area (Å²) < 4.78 is 0. The Morgan fingerprint density at radius 3 is 1.94 bits per heavy atom. The lowest BCUT2D eigenvalue weighted by atomic mass is 9.91. The third kappa shape index (κ3) is 1.85. The fourth-order valence-corrected chi connectivity index (χ4v) is 3.00. The monoisotopic (exact) mass is 237 g/mol. The van der Waals surface area contributed by atoms with E-state index in [0.717, 1.165) is 12.8 Å². The van der Waals surface area contributed by atoms with Gasteiger partial charge < -0.3 is 5.73 Å². The highest BCUT2D eigenvalue weighted by Gasteiger charge is 2.27. The van der Waals surface area contributed by atoms with Gasteiger partial charge in [-0.05, 0) is 42.0 Å². The van der Waals surface area contributed by atoms with Crippen LogP contribution in [-0.2, 0) is 0 Å². The summed E-state index contributed by atoms with van der Waals surface area (Å²) in [4.78, 5) is 0. The van der Waals surface area contributed by atoms with Gasteiger partial charge in [-0.25, -0.2) is 0 Å². The van der Waals surface area contributed by atoms with Crippen molar-refractivity contribution < 1.29 is 0 Å². The molecule has 0 bridgehead atoms. The van der Waals surface area contributed by atoms with Gasteiger partial charge in [-0.1, -0.05) is 48.5 Å². The summed E-state index contributed by atoms with van der Waals surface area (Å²) in [5, 5.41) is 0. The zero-order chi connectivity index (χ0) is 12.5. The minimum atomic E-state index is 0.282. The Hall–Kier alpha value is -1.60. The number of fused-ring (bicyclic) bond motifs is 3. The summed E-state index contributed by atoms with van der Waals surface area (Å²) in [5.74, 6) is 0.531. The molecule has 1 atom stereocenters. The predicted molar refractivity (Wildman–Crippen MR) is 76.6 cm³/mol. The first kappa shape index (κ1) is 11.5. The molecule has 1 aliphatic rings. The molecule has 1 heteroatoms. The van der Waals surface area contributed by atoms with E-state index in [1.165, 1.54) is 22.3 Å². The minimum Gasteiger partial charge on any atom is -0.328 e. The van der Waals surface area contributed by atoms with E-state index in [-0.39, 0.29) is 6.04 Å². The fourth-order valence-electron chi connectivity index (χ4n) is 3.00. The van der Waals surface area contributed by atoms with E-state index in [2.05, 4.69) is 55.5 Å². The summed E-state index contributed by atoms with van der Waals surface area (Å²) in [6, 6.07) is 17.8. The highest BCUT2D eigenvalue weighted by Crippen LogP contribution is 2.46. The van der Waals surface area contributed by atoms with Crippen molar-refractivity contribution in [2.45, 2.75) is 31.7 Å². The number of benzene rings is 2. The normalized spacial score (nSPS) is 15.2. The first-order valence-corrected chi connectivity index (χ1v) is 6.71. The van der Waals surface area contributed by atoms with Crippen LogP contribution in [0.4, 0.5) is 0 Å². The van der Waals surface area contributed by atoms with Crippen LogP contribution in [0.5, 0.6) is 0 Å². The second-order valence-corrected chi connectivity index (χ2v) is 5.28. The topological polar surface area (TPSA) is 26.0 Å². The SMILES string of the molecule is CC(N)CCC1c2ccccc2-c2ccccc21. The molecule has 1 aliphatic carbocycles. The van der Waals surface area contributed by atoms with Gasteiger partial charge in [-0.2, -0.15) is 0 Å². The highest BCUT2D eigenvalue weighted by molar-refractivity contribution is 5.78. The molecule has 0 fully saturated rings. The van der Waals surface area contributed by atoms with E-state index in [1.807, 2.05) is 0 Å². The summed E-state index contributed by atoms with van der Waals surface area (Å²) in [6.45, 7) is 2.09. The van der Waals surface area contributed by atoms with Gasteiger partial charge in [0.15, 0.2) is 0 Å². The first-order chi connectivity index (χ1) is 8.77. The molecule has 92 valence electrons. The third-order valence-corrected chi connectivity index (χ3v) is 3.87. The molecule has 0 amide bonds. The van der Waals surface area contributed by atoms with Crippen LogP contribution in [0, 0.1) is 0 Å². The Kier molecular flexibility index (Phi) is 2.92. The van der Waals surface area contributed by atoms with Crippen molar-refractivity contribution >= 4 is 0 Å². The van der Waals surface area contributed by atoms with Crippen molar-refractivity contribution in [3.8, 4) is 11.1 Å². The molecule has 1 nitrogen and oxygen atoms in total. The molecular formula is C17H19N. The standard InChI is InChI=1S/C17H19N/c1-12(18)10-11-17-15-8-4-2-6-13(15)14-7-3-5-9-16(14)17/h2-9,12,17H,10-11,18H2,1H3. The molecular weight excluding hydrogens is 218 g/mol. The maximum atomic E-state index is 5.91. The molecule has 0 aliphatic heterocycles. The van der Waals surface area contributed by atoms with Crippen LogP contribution in [-0.4, -0.2) is 6.04 Å². The van der Waals surface area contributed by atoms with Crippen LogP contribution < -0.4 is 5.73 Å². The van der Waals surface area contributed by atoms with Crippen molar-refractivity contribution in [2.24, 2.45) is 5.73 Å². The Labute approximate surface area is 109 Å². The molecule has 2 aromatic rings. The number of hydrogen-bond acceptors (Lipinski definition) is 1. The van der Waals surface area contributed by atoms with Crippen molar-refractivity contribution in [3.63, 3.8) is 0 Å². The molecule has 0 heterocycles. The van der Waals surface area contributed by atoms with Gasteiger partial charge in [0.05, 0.1) is 0 Å². The zero-order valence-corrected chi connectivity index (χ0v) is 10.8. The second kappa shape index (κ2) is 4.58. The predicted octanol–water partition coefficient (Wildman–Crippen LogP) is 3.93. The molecule has 0 saturated carbocycles. The van der Waals surface area contributed by atoms with E-state index in [4.69, 9.17) is 5.73 Å². The zero-order valence-electron chi connectivity index (χ0n) is 10.8. The van der Waals surface area contributed by atoms with Crippen LogP contribution in [0.1, 0.15) is 36.8 Å². The Morgan fingerprint density at radius 1 is 0.944 bits per heavy atom. The van der Waals surface area contributed by atoms with E-state index in [9.17, 15) is 0 Å². The van der Waals surface area contributed by atoms with E-state index >= 15 is 0 Å². The molecule has 18 heavy (non-hydrogen) atoms. The molecule has 0 spiro atoms. The molecule has 3 rings (SSSR count). The molecule has 1 unspecified atom stereocenters. The maximum absolute atomic E-state index is 5.91. The first-order valence-electron chi connectivity index (χ1n) is 6.71. The van der Waals surface area contributed by atoms with E-state index in [1.54, 1.807) is 0 Å². The quantitative estimate of drug-likeness (QED) is 0.860. The van der Waals surface area contributed by atoms with Crippen LogP contribution in [0.25, 0.3) is 11.1 Å². The Balaban J connectivity index is 2.03. The molecule has 2 N–H and O–H groups in total. The van der Waals surface area contributed by atoms with Crippen molar-refractivity contribution in [3.05, 3.63) is 59.7 Å². The maximum Gasteiger partial charge on any atom is 0.0102 e. The second-order valence-electron chi connectivity index (χ2n) is 5.28. The lowest BCUT2D eigenvalue weighted by Gasteiger charge is -2.14. The smallest absolute Gasteiger partial charge is 0.0102 e. The summed E-state index contributed by atoms with van der Waals surface area (Å²) >= 11 is 0. The molecule has 0 saturated heterocycles. The minimum absolute atomic E-state index is 0.282. The lowest BCUT2D eigenvalue weighted by Crippen LogP contribution is -2.15. The van der Waals surface area contributed by atoms with Crippen molar-refractivity contribution in [1.82, 2.24) is 0 Å². The van der Waals surface area contributed by atoms with Gasteiger partial charge in [-0.3, -0.25) is 0 Å². The third-order valence-electron chi connectivity index (χ3n) is 3.87.